The summed E-state index contributed by atoms with van der Waals surface area (Å²) in [7, 11) is 5.45. The lowest BCUT2D eigenvalue weighted by molar-refractivity contribution is -0.00907. The van der Waals surface area contributed by atoms with Crippen LogP contribution in [0.2, 0.25) is 0 Å². The van der Waals surface area contributed by atoms with E-state index in [0.717, 1.165) is 11.3 Å². The van der Waals surface area contributed by atoms with E-state index in [9.17, 15) is 14.9 Å². The van der Waals surface area contributed by atoms with Gasteiger partial charge in [0.2, 0.25) is 0 Å². The van der Waals surface area contributed by atoms with Crippen LogP contribution < -0.4 is 10.2 Å². The van der Waals surface area contributed by atoms with E-state index in [2.05, 4.69) is 18.0 Å². The van der Waals surface area contributed by atoms with E-state index >= 15 is 0 Å². The summed E-state index contributed by atoms with van der Waals surface area (Å²) in [5, 5.41) is 12.5. The molecule has 0 radical (unpaired) electrons. The number of amides is 2. The van der Waals surface area contributed by atoms with Crippen LogP contribution in [0.15, 0.2) is 43.4 Å². The second kappa shape index (κ2) is 11.6. The molecule has 2 rings (SSSR count). The summed E-state index contributed by atoms with van der Waals surface area (Å²) in [6.07, 6.45) is 4.92. The van der Waals surface area contributed by atoms with Gasteiger partial charge < -0.3 is 29.7 Å². The molecule has 9 heteroatoms. The molecule has 0 aliphatic carbocycles. The maximum Gasteiger partial charge on any atom is 0.410 e. The first-order chi connectivity index (χ1) is 16.4. The number of ether oxygens (including phenoxy) is 1. The number of likely N-dealkylation sites (tertiary alicyclic amines) is 1. The fraction of sp³-hybridized carbons (Fsp3) is 0.500. The van der Waals surface area contributed by atoms with E-state index in [1.165, 1.54) is 0 Å². The Morgan fingerprint density at radius 2 is 2.00 bits per heavy atom. The van der Waals surface area contributed by atoms with Crippen LogP contribution in [0.1, 0.15) is 43.6 Å². The second-order valence-electron chi connectivity index (χ2n) is 9.71. The topological polar surface area (TPSA) is 92.2 Å². The summed E-state index contributed by atoms with van der Waals surface area (Å²) in [4.78, 5) is 32.6. The number of hydrogen-bond donors (Lipinski definition) is 1. The van der Waals surface area contributed by atoms with Gasteiger partial charge in [-0.2, -0.15) is 5.26 Å². The second-order valence-corrected chi connectivity index (χ2v) is 9.71. The number of nitrogens with one attached hydrogen (secondary N) is 1. The third kappa shape index (κ3) is 7.15. The maximum atomic E-state index is 13.3. The number of anilines is 1. The molecule has 0 bridgehead atoms. The molecular formula is C26H38N6O3. The average Bonchev–Trinajstić information content (AvgIpc) is 2.76. The first-order valence-corrected chi connectivity index (χ1v) is 11.6. The lowest BCUT2D eigenvalue weighted by Crippen LogP contribution is -2.61. The van der Waals surface area contributed by atoms with Crippen molar-refractivity contribution in [2.45, 2.75) is 51.9 Å². The van der Waals surface area contributed by atoms with Crippen molar-refractivity contribution in [3.05, 3.63) is 54.5 Å². The number of benzene rings is 1. The average molecular weight is 483 g/mol. The van der Waals surface area contributed by atoms with E-state index in [0.29, 0.717) is 25.2 Å². The van der Waals surface area contributed by atoms with Gasteiger partial charge in [-0.15, -0.1) is 0 Å². The highest BCUT2D eigenvalue weighted by Gasteiger charge is 2.37. The highest BCUT2D eigenvalue weighted by Crippen LogP contribution is 2.27. The monoisotopic (exact) mass is 482 g/mol. The van der Waals surface area contributed by atoms with Crippen molar-refractivity contribution >= 4 is 17.7 Å². The Morgan fingerprint density at radius 1 is 1.34 bits per heavy atom. The van der Waals surface area contributed by atoms with Gasteiger partial charge in [-0.1, -0.05) is 6.58 Å². The van der Waals surface area contributed by atoms with Crippen LogP contribution in [0.4, 0.5) is 10.5 Å². The van der Waals surface area contributed by atoms with Crippen LogP contribution in [0.3, 0.4) is 0 Å². The molecule has 1 fully saturated rings. The fourth-order valence-corrected chi connectivity index (χ4v) is 3.61. The molecule has 1 aromatic rings. The third-order valence-electron chi connectivity index (χ3n) is 5.72. The van der Waals surface area contributed by atoms with Gasteiger partial charge in [0.25, 0.3) is 5.91 Å². The molecule has 190 valence electrons. The Kier molecular flexibility index (Phi) is 9.18. The Morgan fingerprint density at radius 3 is 2.54 bits per heavy atom. The van der Waals surface area contributed by atoms with Gasteiger partial charge in [-0.05, 0) is 57.7 Å². The molecule has 1 aliphatic rings. The minimum absolute atomic E-state index is 0.0809. The number of carbonyl (C=O) groups excluding carboxylic acids is 2. The Bertz CT molecular complexity index is 988. The number of likely N-dealkylation sites (N-methyl/N-ethyl adjacent to an activating group) is 1. The molecule has 1 aromatic carbocycles. The van der Waals surface area contributed by atoms with Crippen molar-refractivity contribution < 1.29 is 14.3 Å². The van der Waals surface area contributed by atoms with Crippen molar-refractivity contribution in [2.75, 3.05) is 39.1 Å². The van der Waals surface area contributed by atoms with Crippen molar-refractivity contribution in [3.8, 4) is 6.07 Å². The summed E-state index contributed by atoms with van der Waals surface area (Å²) in [6, 6.07) is 7.29. The van der Waals surface area contributed by atoms with Crippen molar-refractivity contribution in [1.82, 2.24) is 20.0 Å². The minimum Gasteiger partial charge on any atom is -0.444 e. The Hall–Kier alpha value is -3.67. The van der Waals surface area contributed by atoms with Gasteiger partial charge in [0.05, 0.1) is 12.1 Å². The zero-order valence-electron chi connectivity index (χ0n) is 21.9. The first kappa shape index (κ1) is 27.6. The zero-order chi connectivity index (χ0) is 26.3. The van der Waals surface area contributed by atoms with Crippen LogP contribution in [-0.4, -0.2) is 78.6 Å². The van der Waals surface area contributed by atoms with Crippen molar-refractivity contribution in [2.24, 2.45) is 0 Å². The molecule has 1 unspecified atom stereocenters. The molecule has 2 amide bonds. The molecule has 0 spiro atoms. The van der Waals surface area contributed by atoms with Gasteiger partial charge in [0, 0.05) is 64.4 Å². The number of nitrogens with zero attached hydrogens (tertiary/aromatic N) is 5. The van der Waals surface area contributed by atoms with Crippen LogP contribution in [-0.2, 0) is 11.3 Å². The number of carbonyl (C=O) groups is 2. The predicted molar refractivity (Wildman–Crippen MR) is 138 cm³/mol. The molecule has 0 aromatic heterocycles. The van der Waals surface area contributed by atoms with Crippen molar-refractivity contribution in [1.29, 1.82) is 5.26 Å². The van der Waals surface area contributed by atoms with Crippen LogP contribution >= 0.6 is 0 Å². The van der Waals surface area contributed by atoms with Crippen molar-refractivity contribution in [3.63, 3.8) is 0 Å². The van der Waals surface area contributed by atoms with Gasteiger partial charge in [0.1, 0.15) is 11.6 Å². The summed E-state index contributed by atoms with van der Waals surface area (Å²) in [5.41, 5.74) is 1.71. The van der Waals surface area contributed by atoms with Gasteiger partial charge in [-0.25, -0.2) is 4.79 Å². The maximum absolute atomic E-state index is 13.3. The zero-order valence-corrected chi connectivity index (χ0v) is 21.9. The number of rotatable bonds is 9. The van der Waals surface area contributed by atoms with Gasteiger partial charge in [0.15, 0.2) is 0 Å². The first-order valence-electron chi connectivity index (χ1n) is 11.6. The molecule has 0 saturated carbocycles. The molecule has 1 heterocycles. The van der Waals surface area contributed by atoms with Crippen LogP contribution in [0, 0.1) is 11.3 Å². The van der Waals surface area contributed by atoms with E-state index in [4.69, 9.17) is 4.74 Å². The molecule has 1 aliphatic heterocycles. The summed E-state index contributed by atoms with van der Waals surface area (Å²) >= 11 is 0. The summed E-state index contributed by atoms with van der Waals surface area (Å²) in [5.74, 6) is -0.126. The van der Waals surface area contributed by atoms with E-state index in [1.807, 2.05) is 62.9 Å². The highest BCUT2D eigenvalue weighted by molar-refractivity contribution is 5.95. The smallest absolute Gasteiger partial charge is 0.410 e. The minimum atomic E-state index is -0.556. The standard InChI is InChI=1S/C26H38N6O3/c1-9-29(7)16-21-14-20(10-11-23(21)32(13-12-28-6)19(2)15-27)24(33)30(8)22-17-31(18-22)25(34)35-26(3,4)5/h9-14,19,22,28H,1,16-18H2,2-8H3/b13-12-. The SMILES string of the molecule is C=CN(C)Cc1cc(C(=O)N(C)C2CN(C(=O)OC(C)(C)C)C2)ccc1N(/C=C\NC)C(C)C#N. The lowest BCUT2D eigenvalue weighted by atomic mass is 10.0. The molecule has 9 nitrogen and oxygen atoms in total. The highest BCUT2D eigenvalue weighted by atomic mass is 16.6. The molecular weight excluding hydrogens is 444 g/mol. The van der Waals surface area contributed by atoms with E-state index in [1.54, 1.807) is 42.4 Å². The van der Waals surface area contributed by atoms with Crippen LogP contribution in [0.5, 0.6) is 0 Å². The van der Waals surface area contributed by atoms with E-state index in [-0.39, 0.29) is 18.0 Å². The fourth-order valence-electron chi connectivity index (χ4n) is 3.61. The predicted octanol–water partition coefficient (Wildman–Crippen LogP) is 3.36. The summed E-state index contributed by atoms with van der Waals surface area (Å²) in [6.45, 7) is 12.5. The molecule has 1 saturated heterocycles. The third-order valence-corrected chi connectivity index (χ3v) is 5.72. The Balaban J connectivity index is 2.26. The van der Waals surface area contributed by atoms with E-state index < -0.39 is 11.6 Å². The summed E-state index contributed by atoms with van der Waals surface area (Å²) < 4.78 is 5.40. The van der Waals surface area contributed by atoms with Crippen LogP contribution in [0.25, 0.3) is 0 Å². The largest absolute Gasteiger partial charge is 0.444 e. The van der Waals surface area contributed by atoms with Gasteiger partial charge in [-0.3, -0.25) is 4.79 Å². The quantitative estimate of drug-likeness (QED) is 0.577. The van der Waals surface area contributed by atoms with Gasteiger partial charge >= 0.3 is 6.09 Å². The normalized spacial score (nSPS) is 14.5. The molecule has 1 N–H and O–H groups in total. The number of nitriles is 1. The number of hydrogen-bond acceptors (Lipinski definition) is 7. The molecule has 35 heavy (non-hydrogen) atoms. The molecule has 1 atom stereocenters. The Labute approximate surface area is 209 Å². The lowest BCUT2D eigenvalue weighted by Gasteiger charge is -2.44.